The minimum Gasteiger partial charge on any atom is -0.329 e. The highest BCUT2D eigenvalue weighted by atomic mass is 32.2. The number of carbonyl (C=O) groups excluding carboxylic acids is 1. The first kappa shape index (κ1) is 26.2. The molecule has 1 amide bonds. The third-order valence-corrected chi connectivity index (χ3v) is 7.80. The van der Waals surface area contributed by atoms with Gasteiger partial charge in [0.2, 0.25) is 0 Å². The van der Waals surface area contributed by atoms with Gasteiger partial charge >= 0.3 is 6.18 Å². The SMILES string of the molecule is Cc1nsc(Nc2cnc3ccccc3n2)c1C(=O)Nc1cccc(NSC2CCN(CC(F)(F)F)C2)c1. The average Bonchev–Trinajstić information content (AvgIpc) is 3.47. The van der Waals surface area contributed by atoms with Gasteiger partial charge < -0.3 is 15.4 Å². The second kappa shape index (κ2) is 11.1. The lowest BCUT2D eigenvalue weighted by atomic mass is 10.2. The van der Waals surface area contributed by atoms with Gasteiger partial charge in [0.15, 0.2) is 0 Å². The molecule has 4 aromatic rings. The van der Waals surface area contributed by atoms with E-state index in [1.165, 1.54) is 16.8 Å². The number of hydrogen-bond donors (Lipinski definition) is 3. The number of aryl methyl sites for hydroxylation is 1. The monoisotopic (exact) mass is 559 g/mol. The van der Waals surface area contributed by atoms with Crippen LogP contribution in [0, 0.1) is 6.92 Å². The first-order valence-corrected chi connectivity index (χ1v) is 13.5. The smallest absolute Gasteiger partial charge is 0.329 e. The van der Waals surface area contributed by atoms with Crippen molar-refractivity contribution in [2.75, 3.05) is 35.0 Å². The van der Waals surface area contributed by atoms with E-state index in [-0.39, 0.29) is 11.2 Å². The van der Waals surface area contributed by atoms with Crippen LogP contribution in [0.25, 0.3) is 11.0 Å². The molecule has 3 heterocycles. The largest absolute Gasteiger partial charge is 0.401 e. The van der Waals surface area contributed by atoms with Crippen molar-refractivity contribution in [1.82, 2.24) is 19.2 Å². The zero-order chi connectivity index (χ0) is 26.7. The van der Waals surface area contributed by atoms with Gasteiger partial charge in [-0.2, -0.15) is 17.5 Å². The van der Waals surface area contributed by atoms with Crippen LogP contribution in [0.3, 0.4) is 0 Å². The maximum absolute atomic E-state index is 13.2. The van der Waals surface area contributed by atoms with Crippen LogP contribution in [0.1, 0.15) is 22.5 Å². The van der Waals surface area contributed by atoms with E-state index in [0.717, 1.165) is 28.3 Å². The summed E-state index contributed by atoms with van der Waals surface area (Å²) in [5.41, 5.74) is 3.82. The van der Waals surface area contributed by atoms with Crippen LogP contribution in [0.5, 0.6) is 0 Å². The van der Waals surface area contributed by atoms with E-state index in [0.29, 0.717) is 47.3 Å². The number of aromatic nitrogens is 3. The summed E-state index contributed by atoms with van der Waals surface area (Å²) < 4.78 is 45.5. The van der Waals surface area contributed by atoms with Crippen molar-refractivity contribution in [3.8, 4) is 0 Å². The standard InChI is InChI=1S/C25H24F3N7OS2/c1-15-22(24(38-33-15)32-21-12-29-19-7-2-3-8-20(19)31-21)23(36)30-16-5-4-6-17(11-16)34-37-18-9-10-35(13-18)14-25(26,27)28/h2-8,11-12,18,34H,9-10,13-14H2,1H3,(H,30,36)(H,31,32). The summed E-state index contributed by atoms with van der Waals surface area (Å²) in [6, 6.07) is 14.7. The average molecular weight is 560 g/mol. The fourth-order valence-electron chi connectivity index (χ4n) is 4.15. The number of alkyl halides is 3. The number of carbonyl (C=O) groups is 1. The highest BCUT2D eigenvalue weighted by Gasteiger charge is 2.34. The molecule has 1 aliphatic heterocycles. The van der Waals surface area contributed by atoms with E-state index in [2.05, 4.69) is 29.7 Å². The lowest BCUT2D eigenvalue weighted by molar-refractivity contribution is -0.143. The highest BCUT2D eigenvalue weighted by molar-refractivity contribution is 8.01. The zero-order valence-electron chi connectivity index (χ0n) is 20.2. The van der Waals surface area contributed by atoms with E-state index < -0.39 is 12.7 Å². The Kier molecular flexibility index (Phi) is 7.68. The summed E-state index contributed by atoms with van der Waals surface area (Å²) in [6.45, 7) is 1.67. The topological polar surface area (TPSA) is 95.1 Å². The molecule has 0 radical (unpaired) electrons. The fourth-order valence-corrected chi connectivity index (χ4v) is 5.89. The molecule has 1 aliphatic rings. The van der Waals surface area contributed by atoms with E-state index in [4.69, 9.17) is 0 Å². The molecule has 3 N–H and O–H groups in total. The second-order valence-electron chi connectivity index (χ2n) is 8.86. The number of amides is 1. The Labute approximate surface area is 225 Å². The second-order valence-corrected chi connectivity index (χ2v) is 10.7. The maximum Gasteiger partial charge on any atom is 0.401 e. The van der Waals surface area contributed by atoms with Crippen molar-refractivity contribution >= 4 is 62.6 Å². The van der Waals surface area contributed by atoms with Gasteiger partial charge in [0.25, 0.3) is 5.91 Å². The summed E-state index contributed by atoms with van der Waals surface area (Å²) >= 11 is 2.56. The quantitative estimate of drug-likeness (QED) is 0.223. The Morgan fingerprint density at radius 3 is 2.76 bits per heavy atom. The van der Waals surface area contributed by atoms with Crippen molar-refractivity contribution in [1.29, 1.82) is 0 Å². The Morgan fingerprint density at radius 2 is 1.95 bits per heavy atom. The molecule has 198 valence electrons. The highest BCUT2D eigenvalue weighted by Crippen LogP contribution is 2.30. The summed E-state index contributed by atoms with van der Waals surface area (Å²) in [5.74, 6) is 0.182. The van der Waals surface area contributed by atoms with Gasteiger partial charge in [-0.3, -0.25) is 14.7 Å². The molecule has 0 aliphatic carbocycles. The molecule has 2 aromatic carbocycles. The molecule has 38 heavy (non-hydrogen) atoms. The summed E-state index contributed by atoms with van der Waals surface area (Å²) in [5, 5.41) is 6.67. The van der Waals surface area contributed by atoms with Gasteiger partial charge in [-0.05, 0) is 73.7 Å². The first-order valence-electron chi connectivity index (χ1n) is 11.8. The zero-order valence-corrected chi connectivity index (χ0v) is 21.9. The third kappa shape index (κ3) is 6.52. The van der Waals surface area contributed by atoms with E-state index in [1.54, 1.807) is 31.3 Å². The number of para-hydroxylation sites is 2. The lowest BCUT2D eigenvalue weighted by Gasteiger charge is -2.18. The van der Waals surface area contributed by atoms with Crippen molar-refractivity contribution in [2.45, 2.75) is 24.8 Å². The van der Waals surface area contributed by atoms with Crippen molar-refractivity contribution < 1.29 is 18.0 Å². The van der Waals surface area contributed by atoms with Crippen LogP contribution >= 0.6 is 23.5 Å². The lowest BCUT2D eigenvalue weighted by Crippen LogP contribution is -2.32. The van der Waals surface area contributed by atoms with Gasteiger partial charge in [0.1, 0.15) is 10.8 Å². The number of fused-ring (bicyclic) bond motifs is 1. The minimum absolute atomic E-state index is 0.0435. The van der Waals surface area contributed by atoms with Crippen LogP contribution in [-0.4, -0.2) is 56.2 Å². The molecule has 1 fully saturated rings. The normalized spacial score (nSPS) is 16.1. The van der Waals surface area contributed by atoms with Crippen molar-refractivity contribution in [2.24, 2.45) is 0 Å². The number of nitrogens with zero attached hydrogens (tertiary/aromatic N) is 4. The Morgan fingerprint density at radius 1 is 1.16 bits per heavy atom. The Balaban J connectivity index is 1.21. The van der Waals surface area contributed by atoms with Gasteiger partial charge in [-0.1, -0.05) is 18.2 Å². The Bertz CT molecular complexity index is 1450. The molecule has 0 bridgehead atoms. The predicted molar refractivity (Wildman–Crippen MR) is 146 cm³/mol. The molecule has 1 saturated heterocycles. The van der Waals surface area contributed by atoms with E-state index in [9.17, 15) is 18.0 Å². The molecule has 0 spiro atoms. The number of nitrogens with one attached hydrogen (secondary N) is 3. The molecular weight excluding hydrogens is 535 g/mol. The van der Waals surface area contributed by atoms with Crippen molar-refractivity contribution in [3.05, 3.63) is 66.0 Å². The van der Waals surface area contributed by atoms with Crippen LogP contribution in [0.15, 0.2) is 54.7 Å². The molecule has 1 atom stereocenters. The number of anilines is 4. The molecule has 0 saturated carbocycles. The molecule has 1 unspecified atom stereocenters. The molecule has 13 heteroatoms. The molecule has 2 aromatic heterocycles. The molecule has 8 nitrogen and oxygen atoms in total. The fraction of sp³-hybridized carbons (Fsp3) is 0.280. The van der Waals surface area contributed by atoms with Crippen LogP contribution in [-0.2, 0) is 0 Å². The maximum atomic E-state index is 13.2. The summed E-state index contributed by atoms with van der Waals surface area (Å²) in [7, 11) is 0. The van der Waals surface area contributed by atoms with Gasteiger partial charge in [-0.25, -0.2) is 4.98 Å². The van der Waals surface area contributed by atoms with E-state index in [1.807, 2.05) is 30.3 Å². The van der Waals surface area contributed by atoms with Gasteiger partial charge in [0.05, 0.1) is 35.0 Å². The summed E-state index contributed by atoms with van der Waals surface area (Å²) in [6.07, 6.45) is -1.90. The van der Waals surface area contributed by atoms with Gasteiger partial charge in [0, 0.05) is 23.2 Å². The number of rotatable bonds is 8. The number of hydrogen-bond acceptors (Lipinski definition) is 9. The van der Waals surface area contributed by atoms with E-state index >= 15 is 0 Å². The predicted octanol–water partition coefficient (Wildman–Crippen LogP) is 6.09. The molecule has 5 rings (SSSR count). The molecular formula is C25H24F3N7OS2. The summed E-state index contributed by atoms with van der Waals surface area (Å²) in [4.78, 5) is 23.6. The van der Waals surface area contributed by atoms with Crippen LogP contribution in [0.4, 0.5) is 35.4 Å². The number of likely N-dealkylation sites (tertiary alicyclic amines) is 1. The Hall–Kier alpha value is -3.42. The number of halogens is 3. The number of benzene rings is 2. The van der Waals surface area contributed by atoms with Crippen LogP contribution in [0.2, 0.25) is 0 Å². The third-order valence-electron chi connectivity index (χ3n) is 5.88. The first-order chi connectivity index (χ1) is 18.2. The van der Waals surface area contributed by atoms with Crippen molar-refractivity contribution in [3.63, 3.8) is 0 Å². The van der Waals surface area contributed by atoms with Crippen LogP contribution < -0.4 is 15.4 Å². The minimum atomic E-state index is -4.19. The van der Waals surface area contributed by atoms with Gasteiger partial charge in [-0.15, -0.1) is 0 Å².